The van der Waals surface area contributed by atoms with Gasteiger partial charge in [0, 0.05) is 5.41 Å². The highest BCUT2D eigenvalue weighted by molar-refractivity contribution is 5.90. The predicted octanol–water partition coefficient (Wildman–Crippen LogP) is 14.7. The van der Waals surface area contributed by atoms with Gasteiger partial charge in [-0.1, -0.05) is 145 Å². The first-order valence-corrected chi connectivity index (χ1v) is 20.0. The molecule has 0 aromatic heterocycles. The van der Waals surface area contributed by atoms with Crippen LogP contribution in [0.25, 0.3) is 11.1 Å². The van der Waals surface area contributed by atoms with Gasteiger partial charge in [-0.05, 0) is 162 Å². The Kier molecular flexibility index (Phi) is 9.93. The van der Waals surface area contributed by atoms with Crippen LogP contribution in [0.2, 0.25) is 0 Å². The van der Waals surface area contributed by atoms with Crippen molar-refractivity contribution in [3.05, 3.63) is 141 Å². The number of hydrogen-bond donors (Lipinski definition) is 0. The Labute approximate surface area is 312 Å². The van der Waals surface area contributed by atoms with Gasteiger partial charge in [0.15, 0.2) is 0 Å². The molecule has 51 heavy (non-hydrogen) atoms. The summed E-state index contributed by atoms with van der Waals surface area (Å²) < 4.78 is 0. The first-order valence-electron chi connectivity index (χ1n) is 20.0. The summed E-state index contributed by atoms with van der Waals surface area (Å²) in [4.78, 5) is 0. The molecule has 0 saturated heterocycles. The average molecular weight is 679 g/mol. The number of fused-ring (bicyclic) bond motifs is 3. The van der Waals surface area contributed by atoms with Gasteiger partial charge < -0.3 is 0 Å². The van der Waals surface area contributed by atoms with Crippen LogP contribution in [0.5, 0.6) is 0 Å². The standard InChI is InChI=1S/C51H66/c1-31(2)20-21-40(24-39-18-16-15-17-19-39)25-41-22-23-42(26-41)44-27-43(32(3)4)45-29-49(12)30-50(13)28-34(7)46(33(5)6)37(10)51(50,14)38(11)48(49)36(9)47(45)35(44)8/h15-19,22-23,27,31-32,40H,5,9-10,20-21,24-26,28-30H2,1-4,6-8,11-14H3/t40?,49-,50+,51-/m1/s1. The summed E-state index contributed by atoms with van der Waals surface area (Å²) in [5, 5.41) is 0. The third kappa shape index (κ3) is 6.28. The van der Waals surface area contributed by atoms with Crippen LogP contribution < -0.4 is 0 Å². The fraction of sp³-hybridized carbons (Fsp3) is 0.490. The smallest absolute Gasteiger partial charge is 0.0194 e. The maximum absolute atomic E-state index is 5.03. The van der Waals surface area contributed by atoms with Gasteiger partial charge in [0.1, 0.15) is 0 Å². The molecule has 2 aromatic rings. The van der Waals surface area contributed by atoms with Gasteiger partial charge in [-0.2, -0.15) is 0 Å². The van der Waals surface area contributed by atoms with Crippen molar-refractivity contribution in [3.63, 3.8) is 0 Å². The molecule has 0 radical (unpaired) electrons. The summed E-state index contributed by atoms with van der Waals surface area (Å²) in [7, 11) is 0. The Morgan fingerprint density at radius 2 is 1.57 bits per heavy atom. The average Bonchev–Trinajstić information content (AvgIpc) is 3.49. The van der Waals surface area contributed by atoms with Crippen LogP contribution in [0.15, 0.2) is 107 Å². The van der Waals surface area contributed by atoms with E-state index in [9.17, 15) is 0 Å². The van der Waals surface area contributed by atoms with E-state index in [1.807, 2.05) is 0 Å². The van der Waals surface area contributed by atoms with E-state index in [2.05, 4.69) is 131 Å². The molecule has 0 aliphatic heterocycles. The molecule has 270 valence electrons. The van der Waals surface area contributed by atoms with Crippen LogP contribution in [-0.4, -0.2) is 0 Å². The summed E-state index contributed by atoms with van der Waals surface area (Å²) in [6.07, 6.45) is 14.2. The van der Waals surface area contributed by atoms with Crippen molar-refractivity contribution in [3.8, 4) is 0 Å². The molecule has 4 aliphatic rings. The Hall–Kier alpha value is -3.38. The minimum Gasteiger partial charge on any atom is -0.0955 e. The van der Waals surface area contributed by atoms with Crippen LogP contribution in [0.1, 0.15) is 147 Å². The van der Waals surface area contributed by atoms with Gasteiger partial charge in [-0.25, -0.2) is 0 Å². The fourth-order valence-electron chi connectivity index (χ4n) is 11.5. The Bertz CT molecular complexity index is 1910. The molecule has 4 aliphatic carbocycles. The zero-order valence-electron chi connectivity index (χ0n) is 34.1. The second-order valence-electron chi connectivity index (χ2n) is 18.7. The van der Waals surface area contributed by atoms with Crippen molar-refractivity contribution in [2.75, 3.05) is 0 Å². The van der Waals surface area contributed by atoms with Crippen molar-refractivity contribution in [2.45, 2.75) is 133 Å². The van der Waals surface area contributed by atoms with Crippen LogP contribution >= 0.6 is 0 Å². The van der Waals surface area contributed by atoms with E-state index in [0.717, 1.165) is 43.6 Å². The van der Waals surface area contributed by atoms with E-state index in [1.54, 1.807) is 11.1 Å². The van der Waals surface area contributed by atoms with Gasteiger partial charge in [0.25, 0.3) is 0 Å². The highest BCUT2D eigenvalue weighted by Crippen LogP contribution is 2.70. The molecule has 0 nitrogen and oxygen atoms in total. The van der Waals surface area contributed by atoms with Crippen LogP contribution in [0.4, 0.5) is 0 Å². The summed E-state index contributed by atoms with van der Waals surface area (Å²) >= 11 is 0. The van der Waals surface area contributed by atoms with Crippen molar-refractivity contribution in [1.82, 2.24) is 0 Å². The normalized spacial score (nSPS) is 26.7. The molecule has 0 saturated carbocycles. The lowest BCUT2D eigenvalue weighted by atomic mass is 9.41. The molecule has 6 rings (SSSR count). The molecule has 0 spiro atoms. The molecule has 0 heterocycles. The lowest BCUT2D eigenvalue weighted by Crippen LogP contribution is -2.52. The molecule has 0 N–H and O–H groups in total. The lowest BCUT2D eigenvalue weighted by Gasteiger charge is -2.62. The number of allylic oxidation sites excluding steroid dienone is 11. The minimum atomic E-state index is -0.138. The van der Waals surface area contributed by atoms with Crippen molar-refractivity contribution >= 4 is 11.1 Å². The first-order chi connectivity index (χ1) is 23.9. The molecule has 0 fully saturated rings. The molecular formula is C51H66. The first kappa shape index (κ1) is 37.4. The Balaban J connectivity index is 1.37. The van der Waals surface area contributed by atoms with Crippen LogP contribution in [0, 0.1) is 35.0 Å². The maximum Gasteiger partial charge on any atom is 0.0194 e. The largest absolute Gasteiger partial charge is 0.0955 e. The van der Waals surface area contributed by atoms with E-state index < -0.39 is 0 Å². The molecule has 4 atom stereocenters. The fourth-order valence-corrected chi connectivity index (χ4v) is 11.5. The van der Waals surface area contributed by atoms with Crippen molar-refractivity contribution < 1.29 is 0 Å². The van der Waals surface area contributed by atoms with Crippen LogP contribution in [0.3, 0.4) is 0 Å². The zero-order chi connectivity index (χ0) is 37.2. The summed E-state index contributed by atoms with van der Waals surface area (Å²) in [6, 6.07) is 13.7. The van der Waals surface area contributed by atoms with Gasteiger partial charge in [-0.3, -0.25) is 0 Å². The molecule has 0 bridgehead atoms. The summed E-state index contributed by atoms with van der Waals surface area (Å²) in [5.41, 5.74) is 21.3. The van der Waals surface area contributed by atoms with Crippen molar-refractivity contribution in [1.29, 1.82) is 0 Å². The van der Waals surface area contributed by atoms with Gasteiger partial charge >= 0.3 is 0 Å². The topological polar surface area (TPSA) is 0 Å². The van der Waals surface area contributed by atoms with E-state index in [1.165, 1.54) is 86.1 Å². The highest BCUT2D eigenvalue weighted by atomic mass is 14.6. The second-order valence-corrected chi connectivity index (χ2v) is 18.7. The van der Waals surface area contributed by atoms with Gasteiger partial charge in [0.2, 0.25) is 0 Å². The second kappa shape index (κ2) is 13.5. The van der Waals surface area contributed by atoms with E-state index in [4.69, 9.17) is 13.2 Å². The Morgan fingerprint density at radius 1 is 0.882 bits per heavy atom. The van der Waals surface area contributed by atoms with Crippen LogP contribution in [-0.2, 0) is 12.8 Å². The maximum atomic E-state index is 5.03. The summed E-state index contributed by atoms with van der Waals surface area (Å²) in [5.74, 6) is 1.86. The highest BCUT2D eigenvalue weighted by Gasteiger charge is 2.60. The Morgan fingerprint density at radius 3 is 2.20 bits per heavy atom. The van der Waals surface area contributed by atoms with Gasteiger partial charge in [-0.15, -0.1) is 0 Å². The molecular weight excluding hydrogens is 613 g/mol. The van der Waals surface area contributed by atoms with Gasteiger partial charge in [0.05, 0.1) is 0 Å². The molecule has 1 unspecified atom stereocenters. The quantitative estimate of drug-likeness (QED) is 0.235. The SMILES string of the molecule is C=C(C)C1=C(C)C[C@@]2(C)C[C@@]3(C)Cc4c(C(C)C)cc(C5=CC=C(CC(CCC(C)C)Cc6ccccc6)C5)c(C)c4C(=C)C3=C(C)[C@@]2(C)C1=C. The molecule has 2 aromatic carbocycles. The zero-order valence-corrected chi connectivity index (χ0v) is 34.1. The van der Waals surface area contributed by atoms with E-state index >= 15 is 0 Å². The molecule has 0 heteroatoms. The monoisotopic (exact) mass is 679 g/mol. The van der Waals surface area contributed by atoms with E-state index in [0.29, 0.717) is 11.8 Å². The van der Waals surface area contributed by atoms with Crippen molar-refractivity contribution in [2.24, 2.45) is 28.1 Å². The summed E-state index contributed by atoms with van der Waals surface area (Å²) in [6.45, 7) is 40.7. The molecule has 0 amide bonds. The third-order valence-electron chi connectivity index (χ3n) is 14.0. The minimum absolute atomic E-state index is 0.0341. The third-order valence-corrected chi connectivity index (χ3v) is 14.0. The number of benzene rings is 2. The number of hydrogen-bond acceptors (Lipinski definition) is 0. The number of rotatable bonds is 10. The lowest BCUT2D eigenvalue weighted by molar-refractivity contribution is 0.0543. The van der Waals surface area contributed by atoms with E-state index in [-0.39, 0.29) is 16.2 Å². The predicted molar refractivity (Wildman–Crippen MR) is 224 cm³/mol.